The molecule has 0 N–H and O–H groups in total. The van der Waals surface area contributed by atoms with Crippen molar-refractivity contribution >= 4 is 17.1 Å². The fourth-order valence-corrected chi connectivity index (χ4v) is 4.28. The number of Topliss-reactive ketones (excluding diaryl/α,β-unsaturated/α-hetero) is 1. The van der Waals surface area contributed by atoms with Crippen molar-refractivity contribution in [2.45, 2.75) is 34.6 Å². The van der Waals surface area contributed by atoms with Crippen molar-refractivity contribution in [2.24, 2.45) is 0 Å². The standard InChI is InChI=1S/C29H30O4/c1-17-19(3)29(20(4)18(2)28(17)21(5)30)26(22-8-12-24(32-6)13-9-22)16-27(31)23-10-14-25(33-7)15-11-23/h8-16H,1-7H3/b26-16+. The van der Waals surface area contributed by atoms with Crippen molar-refractivity contribution in [3.8, 4) is 11.5 Å². The third-order valence-corrected chi connectivity index (χ3v) is 6.30. The molecule has 0 aromatic heterocycles. The van der Waals surface area contributed by atoms with Gasteiger partial charge in [-0.1, -0.05) is 12.1 Å². The van der Waals surface area contributed by atoms with Gasteiger partial charge in [0.05, 0.1) is 14.2 Å². The van der Waals surface area contributed by atoms with Gasteiger partial charge in [0.15, 0.2) is 11.6 Å². The van der Waals surface area contributed by atoms with Gasteiger partial charge in [0.25, 0.3) is 0 Å². The van der Waals surface area contributed by atoms with Gasteiger partial charge in [0.1, 0.15) is 11.5 Å². The van der Waals surface area contributed by atoms with Crippen LogP contribution in [0.1, 0.15) is 61.0 Å². The quantitative estimate of drug-likeness (QED) is 0.311. The minimum Gasteiger partial charge on any atom is -0.497 e. The zero-order chi connectivity index (χ0) is 24.3. The molecule has 0 atom stereocenters. The van der Waals surface area contributed by atoms with Crippen LogP contribution in [0.15, 0.2) is 54.6 Å². The first-order valence-electron chi connectivity index (χ1n) is 10.9. The minimum absolute atomic E-state index is 0.0482. The molecule has 0 heterocycles. The predicted molar refractivity (Wildman–Crippen MR) is 133 cm³/mol. The Morgan fingerprint density at radius 2 is 1.03 bits per heavy atom. The Morgan fingerprint density at radius 1 is 0.636 bits per heavy atom. The summed E-state index contributed by atoms with van der Waals surface area (Å²) in [5.41, 5.74) is 7.89. The molecule has 0 saturated heterocycles. The van der Waals surface area contributed by atoms with Crippen LogP contribution in [-0.2, 0) is 0 Å². The largest absolute Gasteiger partial charge is 0.497 e. The highest BCUT2D eigenvalue weighted by atomic mass is 16.5. The molecular formula is C29H30O4. The molecule has 0 aliphatic rings. The van der Waals surface area contributed by atoms with E-state index in [1.807, 2.05) is 52.0 Å². The van der Waals surface area contributed by atoms with Crippen molar-refractivity contribution in [1.82, 2.24) is 0 Å². The molecule has 0 radical (unpaired) electrons. The summed E-state index contributed by atoms with van der Waals surface area (Å²) in [6, 6.07) is 14.8. The van der Waals surface area contributed by atoms with Crippen LogP contribution < -0.4 is 9.47 Å². The van der Waals surface area contributed by atoms with Crippen molar-refractivity contribution in [1.29, 1.82) is 0 Å². The van der Waals surface area contributed by atoms with E-state index >= 15 is 0 Å². The predicted octanol–water partition coefficient (Wildman–Crippen LogP) is 6.45. The highest BCUT2D eigenvalue weighted by Crippen LogP contribution is 2.36. The van der Waals surface area contributed by atoms with Crippen LogP contribution >= 0.6 is 0 Å². The Hall–Kier alpha value is -3.66. The number of hydrogen-bond donors (Lipinski definition) is 0. The monoisotopic (exact) mass is 442 g/mol. The third-order valence-electron chi connectivity index (χ3n) is 6.30. The average Bonchev–Trinajstić information content (AvgIpc) is 2.82. The van der Waals surface area contributed by atoms with E-state index in [9.17, 15) is 9.59 Å². The van der Waals surface area contributed by atoms with Crippen LogP contribution in [0.5, 0.6) is 11.5 Å². The molecule has 3 aromatic rings. The van der Waals surface area contributed by atoms with E-state index in [0.29, 0.717) is 11.3 Å². The van der Waals surface area contributed by atoms with Gasteiger partial charge in [-0.3, -0.25) is 9.59 Å². The number of allylic oxidation sites excluding steroid dienone is 1. The number of hydrogen-bond acceptors (Lipinski definition) is 4. The van der Waals surface area contributed by atoms with E-state index < -0.39 is 0 Å². The van der Waals surface area contributed by atoms with Gasteiger partial charge < -0.3 is 9.47 Å². The van der Waals surface area contributed by atoms with Gasteiger partial charge >= 0.3 is 0 Å². The lowest BCUT2D eigenvalue weighted by molar-refractivity contribution is 0.101. The second-order valence-corrected chi connectivity index (χ2v) is 8.19. The Bertz CT molecular complexity index is 1200. The maximum Gasteiger partial charge on any atom is 0.186 e. The summed E-state index contributed by atoms with van der Waals surface area (Å²) in [6.45, 7) is 9.57. The first-order valence-corrected chi connectivity index (χ1v) is 10.9. The summed E-state index contributed by atoms with van der Waals surface area (Å²) in [5.74, 6) is 1.39. The summed E-state index contributed by atoms with van der Waals surface area (Å²) in [5, 5.41) is 0. The lowest BCUT2D eigenvalue weighted by Crippen LogP contribution is -2.09. The molecule has 0 aliphatic heterocycles. The fraction of sp³-hybridized carbons (Fsp3) is 0.241. The van der Waals surface area contributed by atoms with Crippen molar-refractivity contribution in [3.05, 3.63) is 99.1 Å². The number of carbonyl (C=O) groups is 2. The van der Waals surface area contributed by atoms with Crippen LogP contribution in [-0.4, -0.2) is 25.8 Å². The van der Waals surface area contributed by atoms with E-state index in [1.54, 1.807) is 51.5 Å². The Balaban J connectivity index is 2.26. The maximum absolute atomic E-state index is 13.3. The van der Waals surface area contributed by atoms with E-state index in [2.05, 4.69) is 0 Å². The molecular weight excluding hydrogens is 412 g/mol. The van der Waals surface area contributed by atoms with Crippen molar-refractivity contribution in [2.75, 3.05) is 14.2 Å². The average molecular weight is 443 g/mol. The molecule has 4 heteroatoms. The van der Waals surface area contributed by atoms with Gasteiger partial charge in [-0.05, 0) is 116 Å². The normalized spacial score (nSPS) is 11.3. The van der Waals surface area contributed by atoms with E-state index in [1.165, 1.54) is 0 Å². The lowest BCUT2D eigenvalue weighted by Gasteiger charge is -2.22. The number of methoxy groups -OCH3 is 2. The zero-order valence-electron chi connectivity index (χ0n) is 20.3. The molecule has 3 aromatic carbocycles. The summed E-state index contributed by atoms with van der Waals surface area (Å²) < 4.78 is 10.5. The summed E-state index contributed by atoms with van der Waals surface area (Å²) >= 11 is 0. The van der Waals surface area contributed by atoms with Gasteiger partial charge in [0.2, 0.25) is 0 Å². The molecule has 0 spiro atoms. The molecule has 0 aliphatic carbocycles. The minimum atomic E-state index is -0.103. The molecule has 3 rings (SSSR count). The second-order valence-electron chi connectivity index (χ2n) is 8.19. The zero-order valence-corrected chi connectivity index (χ0v) is 20.3. The highest BCUT2D eigenvalue weighted by molar-refractivity contribution is 6.11. The van der Waals surface area contributed by atoms with Crippen LogP contribution in [0.4, 0.5) is 0 Å². The van der Waals surface area contributed by atoms with Crippen LogP contribution in [0.2, 0.25) is 0 Å². The molecule has 170 valence electrons. The second kappa shape index (κ2) is 9.86. The third kappa shape index (κ3) is 4.75. The molecule has 0 amide bonds. The van der Waals surface area contributed by atoms with Crippen molar-refractivity contribution < 1.29 is 19.1 Å². The molecule has 0 unspecified atom stereocenters. The number of benzene rings is 3. The smallest absolute Gasteiger partial charge is 0.186 e. The number of ketones is 2. The lowest BCUT2D eigenvalue weighted by atomic mass is 9.82. The fourth-order valence-electron chi connectivity index (χ4n) is 4.28. The van der Waals surface area contributed by atoms with E-state index in [-0.39, 0.29) is 11.6 Å². The first-order chi connectivity index (χ1) is 15.7. The van der Waals surface area contributed by atoms with E-state index in [0.717, 1.165) is 50.3 Å². The van der Waals surface area contributed by atoms with Gasteiger partial charge in [-0.25, -0.2) is 0 Å². The van der Waals surface area contributed by atoms with Crippen molar-refractivity contribution in [3.63, 3.8) is 0 Å². The van der Waals surface area contributed by atoms with Gasteiger partial charge in [-0.15, -0.1) is 0 Å². The van der Waals surface area contributed by atoms with Crippen LogP contribution in [0.3, 0.4) is 0 Å². The molecule has 0 fully saturated rings. The number of ether oxygens (including phenoxy) is 2. The number of rotatable bonds is 7. The summed E-state index contributed by atoms with van der Waals surface area (Å²) in [6.07, 6.45) is 1.69. The molecule has 0 bridgehead atoms. The Morgan fingerprint density at radius 3 is 1.42 bits per heavy atom. The van der Waals surface area contributed by atoms with Gasteiger partial charge in [0, 0.05) is 11.1 Å². The van der Waals surface area contributed by atoms with Gasteiger partial charge in [-0.2, -0.15) is 0 Å². The van der Waals surface area contributed by atoms with Crippen LogP contribution in [0.25, 0.3) is 5.57 Å². The summed E-state index contributed by atoms with van der Waals surface area (Å²) in [4.78, 5) is 25.6. The molecule has 0 saturated carbocycles. The Labute approximate surface area is 195 Å². The molecule has 33 heavy (non-hydrogen) atoms. The van der Waals surface area contributed by atoms with E-state index in [4.69, 9.17) is 9.47 Å². The summed E-state index contributed by atoms with van der Waals surface area (Å²) in [7, 11) is 3.22. The topological polar surface area (TPSA) is 52.6 Å². The maximum atomic E-state index is 13.3. The van der Waals surface area contributed by atoms with Crippen LogP contribution in [0, 0.1) is 27.7 Å². The SMILES string of the molecule is COc1ccc(C(=O)/C=C(\c2ccc(OC)cc2)c2c(C)c(C)c(C(C)=O)c(C)c2C)cc1. The molecule has 4 nitrogen and oxygen atoms in total. The highest BCUT2D eigenvalue weighted by Gasteiger charge is 2.21. The Kier molecular flexibility index (Phi) is 7.17. The first kappa shape index (κ1) is 24.0. The number of carbonyl (C=O) groups excluding carboxylic acids is 2.